The fourth-order valence-electron chi connectivity index (χ4n) is 1.88. The molecule has 0 aliphatic rings. The second-order valence-electron chi connectivity index (χ2n) is 4.72. The number of ketones is 1. The molecule has 120 valence electrons. The molecule has 23 heavy (non-hydrogen) atoms. The predicted octanol–water partition coefficient (Wildman–Crippen LogP) is 2.86. The summed E-state index contributed by atoms with van der Waals surface area (Å²) >= 11 is 5.75. The van der Waals surface area contributed by atoms with Gasteiger partial charge in [-0.1, -0.05) is 29.8 Å². The summed E-state index contributed by atoms with van der Waals surface area (Å²) in [5, 5.41) is 9.60. The Labute approximate surface area is 139 Å². The van der Waals surface area contributed by atoms with Crippen molar-refractivity contribution >= 4 is 27.2 Å². The van der Waals surface area contributed by atoms with Crippen molar-refractivity contribution in [2.45, 2.75) is 4.90 Å². The van der Waals surface area contributed by atoms with Crippen LogP contribution in [-0.2, 0) is 9.84 Å². The Morgan fingerprint density at radius 1 is 1.09 bits per heavy atom. The van der Waals surface area contributed by atoms with Gasteiger partial charge in [-0.25, -0.2) is 8.42 Å². The normalized spacial score (nSPS) is 12.0. The summed E-state index contributed by atoms with van der Waals surface area (Å²) in [6.45, 7) is 0. The molecule has 0 aromatic heterocycles. The zero-order valence-electron chi connectivity index (χ0n) is 11.9. The van der Waals surface area contributed by atoms with Gasteiger partial charge in [0.1, 0.15) is 0 Å². The smallest absolute Gasteiger partial charge is 0.187 e. The Morgan fingerprint density at radius 3 is 2.26 bits per heavy atom. The van der Waals surface area contributed by atoms with E-state index in [2.05, 4.69) is 0 Å². The van der Waals surface area contributed by atoms with E-state index in [4.69, 9.17) is 16.8 Å². The molecule has 0 radical (unpaired) electrons. The number of allylic oxidation sites excluding steroid dienone is 1. The van der Waals surface area contributed by atoms with Gasteiger partial charge in [-0.15, -0.1) is 0 Å². The van der Waals surface area contributed by atoms with Crippen LogP contribution in [0.15, 0.2) is 71.3 Å². The molecule has 0 aliphatic carbocycles. The maximum Gasteiger partial charge on any atom is 0.187 e. The van der Waals surface area contributed by atoms with Gasteiger partial charge in [-0.05, 0) is 36.4 Å². The lowest BCUT2D eigenvalue weighted by molar-refractivity contribution is 0.104. The molecule has 0 amide bonds. The van der Waals surface area contributed by atoms with Gasteiger partial charge in [-0.3, -0.25) is 15.5 Å². The van der Waals surface area contributed by atoms with Crippen LogP contribution in [0.25, 0.3) is 0 Å². The third-order valence-electron chi connectivity index (χ3n) is 3.03. The number of benzene rings is 2. The van der Waals surface area contributed by atoms with Crippen LogP contribution in [0.5, 0.6) is 0 Å². The van der Waals surface area contributed by atoms with Gasteiger partial charge in [-0.2, -0.15) is 0 Å². The molecule has 0 spiro atoms. The van der Waals surface area contributed by atoms with Gasteiger partial charge >= 0.3 is 0 Å². The summed E-state index contributed by atoms with van der Waals surface area (Å²) in [4.78, 5) is 12.2. The molecular weight excluding hydrogens is 338 g/mol. The summed E-state index contributed by atoms with van der Waals surface area (Å²) in [6.07, 6.45) is 1.05. The van der Waals surface area contributed by atoms with Crippen LogP contribution in [0.3, 0.4) is 0 Å². The molecule has 7 heteroatoms. The molecule has 0 atom stereocenters. The highest BCUT2D eigenvalue weighted by molar-refractivity contribution is 7.91. The molecule has 2 aromatic carbocycles. The maximum atomic E-state index is 12.2. The van der Waals surface area contributed by atoms with Crippen LogP contribution in [0.1, 0.15) is 10.4 Å². The first-order chi connectivity index (χ1) is 10.9. The molecule has 5 nitrogen and oxygen atoms in total. The highest BCUT2D eigenvalue weighted by atomic mass is 35.5. The number of carbonyl (C=O) groups is 1. The standard InChI is InChI=1S/C16H14ClNO4S/c17-13-8-6-12(7-9-13)16(19)10-14(18-20)11-23(21,22)15-4-2-1-3-5-15/h1-10,18,20H,11H2/b14-10+. The monoisotopic (exact) mass is 351 g/mol. The van der Waals surface area contributed by atoms with Gasteiger partial charge in [0.25, 0.3) is 0 Å². The van der Waals surface area contributed by atoms with Crippen molar-refractivity contribution in [1.82, 2.24) is 5.48 Å². The van der Waals surface area contributed by atoms with Gasteiger partial charge in [0.05, 0.1) is 16.3 Å². The van der Waals surface area contributed by atoms with Crippen molar-refractivity contribution in [1.29, 1.82) is 0 Å². The number of halogens is 1. The van der Waals surface area contributed by atoms with E-state index in [0.717, 1.165) is 6.08 Å². The number of rotatable bonds is 6. The second-order valence-corrected chi connectivity index (χ2v) is 7.15. The van der Waals surface area contributed by atoms with E-state index in [1.165, 1.54) is 24.3 Å². The highest BCUT2D eigenvalue weighted by Gasteiger charge is 2.17. The highest BCUT2D eigenvalue weighted by Crippen LogP contribution is 2.14. The third kappa shape index (κ3) is 4.66. The van der Waals surface area contributed by atoms with Crippen LogP contribution in [0, 0.1) is 0 Å². The Balaban J connectivity index is 2.22. The average molecular weight is 352 g/mol. The number of hydrogen-bond acceptors (Lipinski definition) is 5. The minimum atomic E-state index is -3.67. The first-order valence-corrected chi connectivity index (χ1v) is 8.64. The lowest BCUT2D eigenvalue weighted by atomic mass is 10.1. The molecule has 0 bridgehead atoms. The predicted molar refractivity (Wildman–Crippen MR) is 87.3 cm³/mol. The van der Waals surface area contributed by atoms with E-state index in [9.17, 15) is 13.2 Å². The van der Waals surface area contributed by atoms with Gasteiger partial charge in [0, 0.05) is 16.7 Å². The molecule has 0 aliphatic heterocycles. The van der Waals surface area contributed by atoms with Crippen LogP contribution >= 0.6 is 11.6 Å². The minimum Gasteiger partial charge on any atom is -0.291 e. The second kappa shape index (κ2) is 7.41. The van der Waals surface area contributed by atoms with Crippen LogP contribution in [0.2, 0.25) is 5.02 Å². The van der Waals surface area contributed by atoms with Crippen molar-refractivity contribution in [3.8, 4) is 0 Å². The molecule has 0 fully saturated rings. The number of carbonyl (C=O) groups excluding carboxylic acids is 1. The Bertz CT molecular complexity index is 815. The molecule has 0 saturated heterocycles. The van der Waals surface area contributed by atoms with E-state index in [1.807, 2.05) is 0 Å². The van der Waals surface area contributed by atoms with Crippen molar-refractivity contribution in [3.63, 3.8) is 0 Å². The van der Waals surface area contributed by atoms with Gasteiger partial charge < -0.3 is 0 Å². The summed E-state index contributed by atoms with van der Waals surface area (Å²) in [5.74, 6) is -0.964. The first-order valence-electron chi connectivity index (χ1n) is 6.61. The minimum absolute atomic E-state index is 0.111. The van der Waals surface area contributed by atoms with E-state index in [-0.39, 0.29) is 10.6 Å². The lowest BCUT2D eigenvalue weighted by Crippen LogP contribution is -2.19. The summed E-state index contributed by atoms with van der Waals surface area (Å²) < 4.78 is 24.5. The Kier molecular flexibility index (Phi) is 5.54. The molecule has 0 saturated carbocycles. The molecule has 2 N–H and O–H groups in total. The SMILES string of the molecule is O=C(/C=C(\CS(=O)(=O)c1ccccc1)NO)c1ccc(Cl)cc1. The number of hydroxylamine groups is 1. The van der Waals surface area contributed by atoms with Crippen LogP contribution < -0.4 is 5.48 Å². The number of hydrogen-bond donors (Lipinski definition) is 2. The van der Waals surface area contributed by atoms with Crippen molar-refractivity contribution in [3.05, 3.63) is 77.0 Å². The first kappa shape index (κ1) is 17.2. The lowest BCUT2D eigenvalue weighted by Gasteiger charge is -2.07. The molecule has 0 unspecified atom stereocenters. The van der Waals surface area contributed by atoms with Crippen LogP contribution in [0.4, 0.5) is 0 Å². The largest absolute Gasteiger partial charge is 0.291 e. The number of sulfone groups is 1. The zero-order valence-corrected chi connectivity index (χ0v) is 13.5. The average Bonchev–Trinajstić information content (AvgIpc) is 2.55. The fraction of sp³-hybridized carbons (Fsp3) is 0.0625. The number of nitrogens with one attached hydrogen (secondary N) is 1. The van der Waals surface area contributed by atoms with Gasteiger partial charge in [0.15, 0.2) is 15.6 Å². The Hall–Kier alpha value is -2.15. The third-order valence-corrected chi connectivity index (χ3v) is 4.96. The van der Waals surface area contributed by atoms with Gasteiger partial charge in [0.2, 0.25) is 0 Å². The van der Waals surface area contributed by atoms with E-state index in [1.54, 1.807) is 35.8 Å². The quantitative estimate of drug-likeness (QED) is 0.475. The van der Waals surface area contributed by atoms with Crippen molar-refractivity contribution < 1.29 is 18.4 Å². The summed E-state index contributed by atoms with van der Waals surface area (Å²) in [7, 11) is -3.67. The molecule has 0 heterocycles. The van der Waals surface area contributed by atoms with Crippen LogP contribution in [-0.4, -0.2) is 25.2 Å². The molecular formula is C16H14ClNO4S. The van der Waals surface area contributed by atoms with E-state index in [0.29, 0.717) is 10.6 Å². The Morgan fingerprint density at radius 2 is 1.70 bits per heavy atom. The molecule has 2 rings (SSSR count). The summed E-state index contributed by atoms with van der Waals surface area (Å²) in [5.41, 5.74) is 1.99. The maximum absolute atomic E-state index is 12.2. The fourth-order valence-corrected chi connectivity index (χ4v) is 3.30. The topological polar surface area (TPSA) is 83.5 Å². The van der Waals surface area contributed by atoms with Crippen molar-refractivity contribution in [2.75, 3.05) is 5.75 Å². The van der Waals surface area contributed by atoms with Crippen molar-refractivity contribution in [2.24, 2.45) is 0 Å². The molecule has 2 aromatic rings. The summed E-state index contributed by atoms with van der Waals surface area (Å²) in [6, 6.07) is 13.9. The zero-order chi connectivity index (χ0) is 16.9. The van der Waals surface area contributed by atoms with E-state index < -0.39 is 21.4 Å². The van der Waals surface area contributed by atoms with E-state index >= 15 is 0 Å².